The van der Waals surface area contributed by atoms with Crippen LogP contribution >= 0.6 is 11.6 Å². The van der Waals surface area contributed by atoms with E-state index in [1.54, 1.807) is 12.1 Å². The average molecular weight is 319 g/mol. The Labute approximate surface area is 133 Å². The van der Waals surface area contributed by atoms with Crippen LogP contribution in [-0.2, 0) is 16.0 Å². The molecule has 0 fully saturated rings. The van der Waals surface area contributed by atoms with Crippen molar-refractivity contribution in [2.45, 2.75) is 13.3 Å². The minimum absolute atomic E-state index is 0.0450. The molecule has 5 nitrogen and oxygen atoms in total. The minimum Gasteiger partial charge on any atom is -0.452 e. The number of carbonyl (C=O) groups is 2. The fraction of sp³-hybridized carbons (Fsp3) is 0.188. The predicted molar refractivity (Wildman–Crippen MR) is 84.0 cm³/mol. The summed E-state index contributed by atoms with van der Waals surface area (Å²) in [5.41, 5.74) is 1.90. The predicted octanol–water partition coefficient (Wildman–Crippen LogP) is 3.09. The van der Waals surface area contributed by atoms with Gasteiger partial charge in [-0.05, 0) is 36.2 Å². The summed E-state index contributed by atoms with van der Waals surface area (Å²) in [6.07, 6.45) is 2.34. The molecule has 2 aromatic rings. The van der Waals surface area contributed by atoms with Crippen molar-refractivity contribution in [3.63, 3.8) is 0 Å². The molecule has 22 heavy (non-hydrogen) atoms. The van der Waals surface area contributed by atoms with E-state index >= 15 is 0 Å². The lowest BCUT2D eigenvalue weighted by molar-refractivity contribution is -0.119. The van der Waals surface area contributed by atoms with E-state index in [0.29, 0.717) is 5.69 Å². The van der Waals surface area contributed by atoms with Gasteiger partial charge in [0.15, 0.2) is 6.61 Å². The molecule has 0 saturated heterocycles. The first kappa shape index (κ1) is 16.0. The van der Waals surface area contributed by atoms with Crippen LogP contribution in [0.3, 0.4) is 0 Å². The second-order valence-electron chi connectivity index (χ2n) is 4.52. The largest absolute Gasteiger partial charge is 0.452 e. The maximum atomic E-state index is 11.8. The zero-order valence-electron chi connectivity index (χ0n) is 12.0. The van der Waals surface area contributed by atoms with Gasteiger partial charge in [0.1, 0.15) is 5.15 Å². The number of carbonyl (C=O) groups excluding carboxylic acids is 2. The fourth-order valence-corrected chi connectivity index (χ4v) is 2.01. The summed E-state index contributed by atoms with van der Waals surface area (Å²) in [6, 6.07) is 10.5. The number of nitrogens with one attached hydrogen (secondary N) is 1. The number of aromatic nitrogens is 1. The van der Waals surface area contributed by atoms with Crippen molar-refractivity contribution in [3.05, 3.63) is 58.9 Å². The van der Waals surface area contributed by atoms with Gasteiger partial charge >= 0.3 is 5.97 Å². The molecule has 0 aliphatic rings. The van der Waals surface area contributed by atoms with Crippen LogP contribution in [0.4, 0.5) is 5.69 Å². The molecule has 0 unspecified atom stereocenters. The number of nitrogens with zero attached hydrogens (tertiary/aromatic N) is 1. The first-order valence-electron chi connectivity index (χ1n) is 6.76. The second-order valence-corrected chi connectivity index (χ2v) is 4.88. The normalized spacial score (nSPS) is 10.1. The van der Waals surface area contributed by atoms with E-state index < -0.39 is 11.9 Å². The summed E-state index contributed by atoms with van der Waals surface area (Å²) >= 11 is 5.79. The molecule has 0 bridgehead atoms. The average Bonchev–Trinajstić information content (AvgIpc) is 2.53. The standard InChI is InChI=1S/C16H15ClN2O3/c1-2-11-5-3-6-12(9-11)19-14(20)10-22-16(21)13-7-4-8-18-15(13)17/h3-9H,2,10H2,1H3,(H,19,20). The van der Waals surface area contributed by atoms with Gasteiger partial charge < -0.3 is 10.1 Å². The highest BCUT2D eigenvalue weighted by Crippen LogP contribution is 2.13. The molecule has 0 spiro atoms. The van der Waals surface area contributed by atoms with Gasteiger partial charge in [0.2, 0.25) is 0 Å². The summed E-state index contributed by atoms with van der Waals surface area (Å²) < 4.78 is 4.92. The quantitative estimate of drug-likeness (QED) is 0.679. The lowest BCUT2D eigenvalue weighted by Gasteiger charge is -2.08. The van der Waals surface area contributed by atoms with Crippen LogP contribution in [0, 0.1) is 0 Å². The van der Waals surface area contributed by atoms with Gasteiger partial charge in [0, 0.05) is 11.9 Å². The number of benzene rings is 1. The fourth-order valence-electron chi connectivity index (χ4n) is 1.81. The number of anilines is 1. The monoisotopic (exact) mass is 318 g/mol. The molecular weight excluding hydrogens is 304 g/mol. The summed E-state index contributed by atoms with van der Waals surface area (Å²) in [6.45, 7) is 1.64. The Morgan fingerprint density at radius 3 is 2.82 bits per heavy atom. The van der Waals surface area contributed by atoms with Crippen LogP contribution in [0.2, 0.25) is 5.15 Å². The lowest BCUT2D eigenvalue weighted by atomic mass is 10.1. The summed E-state index contributed by atoms with van der Waals surface area (Å²) in [5.74, 6) is -1.10. The molecule has 0 aliphatic carbocycles. The summed E-state index contributed by atoms with van der Waals surface area (Å²) in [7, 11) is 0. The number of amides is 1. The second kappa shape index (κ2) is 7.56. The first-order valence-corrected chi connectivity index (χ1v) is 7.14. The molecule has 2 rings (SSSR count). The van der Waals surface area contributed by atoms with Gasteiger partial charge in [-0.15, -0.1) is 0 Å². The molecule has 1 aromatic carbocycles. The minimum atomic E-state index is -0.685. The van der Waals surface area contributed by atoms with Crippen molar-refractivity contribution >= 4 is 29.2 Å². The van der Waals surface area contributed by atoms with Crippen molar-refractivity contribution in [3.8, 4) is 0 Å². The highest BCUT2D eigenvalue weighted by molar-refractivity contribution is 6.32. The van der Waals surface area contributed by atoms with Gasteiger partial charge in [0.25, 0.3) is 5.91 Å². The van der Waals surface area contributed by atoms with Crippen molar-refractivity contribution in [2.24, 2.45) is 0 Å². The third-order valence-electron chi connectivity index (χ3n) is 2.93. The maximum absolute atomic E-state index is 11.8. The molecule has 0 radical (unpaired) electrons. The van der Waals surface area contributed by atoms with E-state index in [0.717, 1.165) is 12.0 Å². The summed E-state index contributed by atoms with van der Waals surface area (Å²) in [4.78, 5) is 27.4. The Balaban J connectivity index is 1.90. The van der Waals surface area contributed by atoms with E-state index in [2.05, 4.69) is 10.3 Å². The Bertz CT molecular complexity index is 689. The molecule has 1 amide bonds. The smallest absolute Gasteiger partial charge is 0.341 e. The highest BCUT2D eigenvalue weighted by Gasteiger charge is 2.14. The van der Waals surface area contributed by atoms with Crippen molar-refractivity contribution in [1.82, 2.24) is 4.98 Å². The SMILES string of the molecule is CCc1cccc(NC(=O)COC(=O)c2cccnc2Cl)c1. The molecule has 1 N–H and O–H groups in total. The first-order chi connectivity index (χ1) is 10.6. The van der Waals surface area contributed by atoms with Crippen LogP contribution in [0.1, 0.15) is 22.8 Å². The number of aryl methyl sites for hydroxylation is 1. The topological polar surface area (TPSA) is 68.3 Å². The Morgan fingerprint density at radius 1 is 1.27 bits per heavy atom. The Morgan fingerprint density at radius 2 is 2.09 bits per heavy atom. The Kier molecular flexibility index (Phi) is 5.49. The molecule has 0 saturated carbocycles. The highest BCUT2D eigenvalue weighted by atomic mass is 35.5. The summed E-state index contributed by atoms with van der Waals surface area (Å²) in [5, 5.41) is 2.72. The third kappa shape index (κ3) is 4.30. The van der Waals surface area contributed by atoms with E-state index in [9.17, 15) is 9.59 Å². The van der Waals surface area contributed by atoms with Crippen LogP contribution < -0.4 is 5.32 Å². The maximum Gasteiger partial charge on any atom is 0.341 e. The van der Waals surface area contributed by atoms with Crippen molar-refractivity contribution < 1.29 is 14.3 Å². The number of esters is 1. The molecule has 0 atom stereocenters. The number of rotatable bonds is 5. The zero-order chi connectivity index (χ0) is 15.9. The van der Waals surface area contributed by atoms with Gasteiger partial charge in [0.05, 0.1) is 5.56 Å². The van der Waals surface area contributed by atoms with Crippen LogP contribution in [0.25, 0.3) is 0 Å². The molecule has 1 heterocycles. The van der Waals surface area contributed by atoms with E-state index in [1.165, 1.54) is 12.3 Å². The molecular formula is C16H15ClN2O3. The number of pyridine rings is 1. The molecule has 114 valence electrons. The molecule has 1 aromatic heterocycles. The van der Waals surface area contributed by atoms with Crippen LogP contribution in [-0.4, -0.2) is 23.5 Å². The van der Waals surface area contributed by atoms with Crippen molar-refractivity contribution in [2.75, 3.05) is 11.9 Å². The van der Waals surface area contributed by atoms with Gasteiger partial charge in [-0.1, -0.05) is 30.7 Å². The van der Waals surface area contributed by atoms with E-state index in [4.69, 9.17) is 16.3 Å². The van der Waals surface area contributed by atoms with Crippen LogP contribution in [0.5, 0.6) is 0 Å². The van der Waals surface area contributed by atoms with Gasteiger partial charge in [-0.3, -0.25) is 4.79 Å². The molecule has 0 aliphatic heterocycles. The Hall–Kier alpha value is -2.40. The number of hydrogen-bond acceptors (Lipinski definition) is 4. The zero-order valence-corrected chi connectivity index (χ0v) is 12.8. The number of ether oxygens (including phenoxy) is 1. The van der Waals surface area contributed by atoms with Crippen molar-refractivity contribution in [1.29, 1.82) is 0 Å². The number of halogens is 1. The molecule has 6 heteroatoms. The van der Waals surface area contributed by atoms with Gasteiger partial charge in [-0.2, -0.15) is 0 Å². The van der Waals surface area contributed by atoms with Gasteiger partial charge in [-0.25, -0.2) is 9.78 Å². The van der Waals surface area contributed by atoms with E-state index in [1.807, 2.05) is 25.1 Å². The van der Waals surface area contributed by atoms with E-state index in [-0.39, 0.29) is 17.3 Å². The lowest BCUT2D eigenvalue weighted by Crippen LogP contribution is -2.21. The number of hydrogen-bond donors (Lipinski definition) is 1. The third-order valence-corrected chi connectivity index (χ3v) is 3.23. The van der Waals surface area contributed by atoms with Crippen LogP contribution in [0.15, 0.2) is 42.6 Å².